The number of rotatable bonds is 8. The monoisotopic (exact) mass is 373 g/mol. The molecule has 0 fully saturated rings. The fourth-order valence-electron chi connectivity index (χ4n) is 2.65. The van der Waals surface area contributed by atoms with Gasteiger partial charge in [-0.25, -0.2) is 0 Å². The normalized spacial score (nSPS) is 12.0. The maximum absolute atomic E-state index is 12.2. The number of hydrogen-bond acceptors (Lipinski definition) is 4. The van der Waals surface area contributed by atoms with E-state index in [1.165, 1.54) is 4.88 Å². The fourth-order valence-corrected chi connectivity index (χ4v) is 3.57. The third-order valence-corrected chi connectivity index (χ3v) is 5.21. The molecule has 2 aromatic rings. The number of benzene rings is 1. The maximum atomic E-state index is 12.2. The number of thiophene rings is 1. The number of likely N-dealkylation sites (N-methyl/N-ethyl adjacent to an activating group) is 1. The SMILES string of the molecule is CN(C)C(=O)c1ccc(CCC(=O)NCC(c2cccs2)N(C)C)cc1. The van der Waals surface area contributed by atoms with Crippen molar-refractivity contribution in [2.75, 3.05) is 34.7 Å². The summed E-state index contributed by atoms with van der Waals surface area (Å²) in [6.07, 6.45) is 1.10. The molecule has 2 amide bonds. The van der Waals surface area contributed by atoms with Gasteiger partial charge in [-0.3, -0.25) is 9.59 Å². The first-order chi connectivity index (χ1) is 12.4. The van der Waals surface area contributed by atoms with Crippen molar-refractivity contribution in [2.45, 2.75) is 18.9 Å². The van der Waals surface area contributed by atoms with E-state index in [9.17, 15) is 9.59 Å². The molecule has 140 valence electrons. The molecule has 1 N–H and O–H groups in total. The highest BCUT2D eigenvalue weighted by molar-refractivity contribution is 7.10. The van der Waals surface area contributed by atoms with Crippen LogP contribution in [-0.2, 0) is 11.2 Å². The van der Waals surface area contributed by atoms with Crippen LogP contribution in [0.3, 0.4) is 0 Å². The molecule has 6 heteroatoms. The average Bonchev–Trinajstić information content (AvgIpc) is 3.14. The predicted molar refractivity (Wildman–Crippen MR) is 107 cm³/mol. The Hall–Kier alpha value is -2.18. The standard InChI is InChI=1S/C20H27N3O2S/c1-22(2)17(18-6-5-13-26-18)14-21-19(24)12-9-15-7-10-16(11-8-15)20(25)23(3)4/h5-8,10-11,13,17H,9,12,14H2,1-4H3,(H,21,24). The Morgan fingerprint density at radius 3 is 2.31 bits per heavy atom. The molecule has 0 aliphatic rings. The number of nitrogens with one attached hydrogen (secondary N) is 1. The first kappa shape index (κ1) is 20.1. The van der Waals surface area contributed by atoms with Crippen LogP contribution in [0.5, 0.6) is 0 Å². The van der Waals surface area contributed by atoms with E-state index in [1.807, 2.05) is 44.4 Å². The van der Waals surface area contributed by atoms with E-state index in [-0.39, 0.29) is 17.9 Å². The highest BCUT2D eigenvalue weighted by Crippen LogP contribution is 2.22. The van der Waals surface area contributed by atoms with Crippen LogP contribution in [0, 0.1) is 0 Å². The highest BCUT2D eigenvalue weighted by atomic mass is 32.1. The summed E-state index contributed by atoms with van der Waals surface area (Å²) in [4.78, 5) is 29.0. The molecule has 0 aliphatic heterocycles. The van der Waals surface area contributed by atoms with Crippen LogP contribution < -0.4 is 5.32 Å². The molecular weight excluding hydrogens is 346 g/mol. The van der Waals surface area contributed by atoms with E-state index >= 15 is 0 Å². The van der Waals surface area contributed by atoms with Crippen LogP contribution in [0.4, 0.5) is 0 Å². The molecule has 0 saturated carbocycles. The van der Waals surface area contributed by atoms with Crippen molar-refractivity contribution in [1.29, 1.82) is 0 Å². The van der Waals surface area contributed by atoms with Crippen molar-refractivity contribution in [3.63, 3.8) is 0 Å². The Morgan fingerprint density at radius 2 is 1.77 bits per heavy atom. The predicted octanol–water partition coefficient (Wildman–Crippen LogP) is 2.80. The lowest BCUT2D eigenvalue weighted by atomic mass is 10.1. The van der Waals surface area contributed by atoms with Crippen LogP contribution >= 0.6 is 11.3 Å². The highest BCUT2D eigenvalue weighted by Gasteiger charge is 2.16. The van der Waals surface area contributed by atoms with Gasteiger partial charge in [0, 0.05) is 37.5 Å². The first-order valence-electron chi connectivity index (χ1n) is 8.65. The number of aryl methyl sites for hydroxylation is 1. The van der Waals surface area contributed by atoms with Gasteiger partial charge in [0.25, 0.3) is 5.91 Å². The van der Waals surface area contributed by atoms with E-state index in [1.54, 1.807) is 30.3 Å². The third-order valence-electron chi connectivity index (χ3n) is 4.24. The molecule has 0 radical (unpaired) electrons. The van der Waals surface area contributed by atoms with Gasteiger partial charge in [-0.2, -0.15) is 0 Å². The minimum absolute atomic E-state index is 0.0161. The molecule has 1 aromatic carbocycles. The smallest absolute Gasteiger partial charge is 0.253 e. The van der Waals surface area contributed by atoms with Crippen LogP contribution in [0.15, 0.2) is 41.8 Å². The van der Waals surface area contributed by atoms with E-state index in [4.69, 9.17) is 0 Å². The van der Waals surface area contributed by atoms with Gasteiger partial charge in [-0.15, -0.1) is 11.3 Å². The zero-order chi connectivity index (χ0) is 19.1. The van der Waals surface area contributed by atoms with Crippen LogP contribution in [-0.4, -0.2) is 56.3 Å². The summed E-state index contributed by atoms with van der Waals surface area (Å²) < 4.78 is 0. The summed E-state index contributed by atoms with van der Waals surface area (Å²) in [6.45, 7) is 0.600. The molecule has 0 spiro atoms. The Morgan fingerprint density at radius 1 is 1.08 bits per heavy atom. The topological polar surface area (TPSA) is 52.7 Å². The molecule has 1 aromatic heterocycles. The van der Waals surface area contributed by atoms with Gasteiger partial charge < -0.3 is 15.1 Å². The van der Waals surface area contributed by atoms with Crippen LogP contribution in [0.1, 0.15) is 33.3 Å². The summed E-state index contributed by atoms with van der Waals surface area (Å²) in [5.41, 5.74) is 1.71. The zero-order valence-electron chi connectivity index (χ0n) is 15.9. The van der Waals surface area contributed by atoms with Crippen molar-refractivity contribution < 1.29 is 9.59 Å². The van der Waals surface area contributed by atoms with Crippen molar-refractivity contribution in [3.8, 4) is 0 Å². The van der Waals surface area contributed by atoms with E-state index in [0.717, 1.165) is 5.56 Å². The molecule has 1 unspecified atom stereocenters. The number of nitrogens with zero attached hydrogens (tertiary/aromatic N) is 2. The number of amides is 2. The van der Waals surface area contributed by atoms with E-state index in [0.29, 0.717) is 24.9 Å². The first-order valence-corrected chi connectivity index (χ1v) is 9.53. The largest absolute Gasteiger partial charge is 0.354 e. The molecule has 0 aliphatic carbocycles. The van der Waals surface area contributed by atoms with Gasteiger partial charge in [-0.05, 0) is 49.7 Å². The van der Waals surface area contributed by atoms with Gasteiger partial charge in [-0.1, -0.05) is 18.2 Å². The fraction of sp³-hybridized carbons (Fsp3) is 0.400. The Bertz CT molecular complexity index is 709. The van der Waals surface area contributed by atoms with E-state index < -0.39 is 0 Å². The Balaban J connectivity index is 1.82. The molecule has 0 saturated heterocycles. The molecule has 2 rings (SSSR count). The number of carbonyl (C=O) groups is 2. The van der Waals surface area contributed by atoms with Crippen molar-refractivity contribution in [1.82, 2.24) is 15.1 Å². The second-order valence-electron chi connectivity index (χ2n) is 6.70. The van der Waals surface area contributed by atoms with E-state index in [2.05, 4.69) is 21.7 Å². The molecule has 26 heavy (non-hydrogen) atoms. The summed E-state index contributed by atoms with van der Waals surface area (Å²) in [7, 11) is 7.51. The molecular formula is C20H27N3O2S. The van der Waals surface area contributed by atoms with Gasteiger partial charge in [0.1, 0.15) is 0 Å². The summed E-state index contributed by atoms with van der Waals surface area (Å²) >= 11 is 1.70. The third kappa shape index (κ3) is 5.68. The Kier molecular flexibility index (Phi) is 7.36. The van der Waals surface area contributed by atoms with Crippen molar-refractivity contribution in [3.05, 3.63) is 57.8 Å². The molecule has 5 nitrogen and oxygen atoms in total. The quantitative estimate of drug-likeness (QED) is 0.774. The zero-order valence-corrected chi connectivity index (χ0v) is 16.7. The summed E-state index contributed by atoms with van der Waals surface area (Å²) in [5, 5.41) is 5.09. The second-order valence-corrected chi connectivity index (χ2v) is 7.67. The van der Waals surface area contributed by atoms with Crippen molar-refractivity contribution in [2.24, 2.45) is 0 Å². The van der Waals surface area contributed by atoms with Crippen molar-refractivity contribution >= 4 is 23.2 Å². The number of carbonyl (C=O) groups excluding carboxylic acids is 2. The average molecular weight is 374 g/mol. The summed E-state index contributed by atoms with van der Waals surface area (Å²) in [5.74, 6) is 0.0273. The summed E-state index contributed by atoms with van der Waals surface area (Å²) in [6, 6.07) is 11.8. The minimum atomic E-state index is -0.0161. The van der Waals surface area contributed by atoms with Gasteiger partial charge in [0.2, 0.25) is 5.91 Å². The molecule has 0 bridgehead atoms. The molecule has 1 atom stereocenters. The minimum Gasteiger partial charge on any atom is -0.354 e. The Labute approximate surface area is 159 Å². The maximum Gasteiger partial charge on any atom is 0.253 e. The number of hydrogen-bond donors (Lipinski definition) is 1. The second kappa shape index (κ2) is 9.50. The molecule has 1 heterocycles. The lowest BCUT2D eigenvalue weighted by molar-refractivity contribution is -0.121. The lowest BCUT2D eigenvalue weighted by Crippen LogP contribution is -2.34. The van der Waals surface area contributed by atoms with Crippen LogP contribution in [0.25, 0.3) is 0 Å². The van der Waals surface area contributed by atoms with Gasteiger partial charge in [0.15, 0.2) is 0 Å². The van der Waals surface area contributed by atoms with Gasteiger partial charge >= 0.3 is 0 Å². The lowest BCUT2D eigenvalue weighted by Gasteiger charge is -2.23. The van der Waals surface area contributed by atoms with Crippen LogP contribution in [0.2, 0.25) is 0 Å². The van der Waals surface area contributed by atoms with Gasteiger partial charge in [0.05, 0.1) is 6.04 Å².